The van der Waals surface area contributed by atoms with Crippen LogP contribution in [0.15, 0.2) is 78.4 Å². The zero-order valence-electron chi connectivity index (χ0n) is 18.1. The lowest BCUT2D eigenvalue weighted by atomic mass is 9.95. The van der Waals surface area contributed by atoms with Crippen molar-refractivity contribution in [3.63, 3.8) is 0 Å². The highest BCUT2D eigenvalue weighted by Crippen LogP contribution is 2.41. The number of hydrogen-bond donors (Lipinski definition) is 2. The Bertz CT molecular complexity index is 1420. The molecule has 5 rings (SSSR count). The molecule has 0 aliphatic carbocycles. The van der Waals surface area contributed by atoms with Crippen LogP contribution in [0.25, 0.3) is 16.8 Å². The molecule has 1 aromatic heterocycles. The summed E-state index contributed by atoms with van der Waals surface area (Å²) in [5, 5.41) is 11.2. The molecule has 1 saturated heterocycles. The van der Waals surface area contributed by atoms with Crippen LogP contribution in [-0.2, 0) is 9.59 Å². The highest BCUT2D eigenvalue weighted by atomic mass is 16.5. The third-order valence-electron chi connectivity index (χ3n) is 5.76. The molecule has 4 aromatic rings. The second kappa shape index (κ2) is 7.94. The van der Waals surface area contributed by atoms with Gasteiger partial charge in [-0.25, -0.2) is 4.98 Å². The van der Waals surface area contributed by atoms with Gasteiger partial charge in [-0.1, -0.05) is 48.5 Å². The predicted molar refractivity (Wildman–Crippen MR) is 125 cm³/mol. The number of Topliss-reactive ketones (excluding diaryl/α,β-unsaturated/α-hetero) is 1. The molecule has 0 radical (unpaired) electrons. The van der Waals surface area contributed by atoms with Crippen LogP contribution in [0.2, 0.25) is 0 Å². The predicted octanol–water partition coefficient (Wildman–Crippen LogP) is 4.51. The summed E-state index contributed by atoms with van der Waals surface area (Å²) in [4.78, 5) is 35.5. The molecule has 2 N–H and O–H groups in total. The summed E-state index contributed by atoms with van der Waals surface area (Å²) in [6, 6.07) is 20.7. The first-order valence-corrected chi connectivity index (χ1v) is 10.4. The standard InChI is InChI=1S/C26H21N3O4/c1-15-11-12-19-20(13-15)28-26(27-19)29-22(16-7-4-3-5-8-16)21(24(31)25(29)32)23(30)17-9-6-10-18(14-17)33-2/h3-14,22,30H,1-2H3,(H,27,28)/b23-21+. The number of nitrogens with zero attached hydrogens (tertiary/aromatic N) is 2. The van der Waals surface area contributed by atoms with Crippen LogP contribution in [-0.4, -0.2) is 33.9 Å². The summed E-state index contributed by atoms with van der Waals surface area (Å²) in [6.45, 7) is 1.96. The van der Waals surface area contributed by atoms with Gasteiger partial charge in [-0.05, 0) is 42.3 Å². The fourth-order valence-corrected chi connectivity index (χ4v) is 4.15. The summed E-state index contributed by atoms with van der Waals surface area (Å²) in [6.07, 6.45) is 0. The van der Waals surface area contributed by atoms with Crippen molar-refractivity contribution in [2.45, 2.75) is 13.0 Å². The number of carbonyl (C=O) groups is 2. The Hall–Kier alpha value is -4.39. The van der Waals surface area contributed by atoms with Crippen LogP contribution in [0.3, 0.4) is 0 Å². The average Bonchev–Trinajstić information content (AvgIpc) is 3.37. The number of ether oxygens (including phenoxy) is 1. The molecule has 0 saturated carbocycles. The lowest BCUT2D eigenvalue weighted by Crippen LogP contribution is -2.30. The van der Waals surface area contributed by atoms with Crippen LogP contribution >= 0.6 is 0 Å². The fraction of sp³-hybridized carbons (Fsp3) is 0.115. The third-order valence-corrected chi connectivity index (χ3v) is 5.76. The van der Waals surface area contributed by atoms with E-state index in [1.54, 1.807) is 24.3 Å². The Kier molecular flexibility index (Phi) is 4.94. The molecule has 164 valence electrons. The molecule has 1 atom stereocenters. The van der Waals surface area contributed by atoms with Gasteiger partial charge in [-0.2, -0.15) is 0 Å². The second-order valence-corrected chi connectivity index (χ2v) is 7.89. The minimum Gasteiger partial charge on any atom is -0.507 e. The number of amides is 1. The van der Waals surface area contributed by atoms with Gasteiger partial charge in [0.05, 0.1) is 29.8 Å². The van der Waals surface area contributed by atoms with Crippen molar-refractivity contribution in [1.82, 2.24) is 9.97 Å². The van der Waals surface area contributed by atoms with Gasteiger partial charge in [0.25, 0.3) is 5.78 Å². The minimum atomic E-state index is -0.848. The third kappa shape index (κ3) is 3.43. The van der Waals surface area contributed by atoms with E-state index in [9.17, 15) is 14.7 Å². The molecule has 3 aromatic carbocycles. The van der Waals surface area contributed by atoms with E-state index in [4.69, 9.17) is 4.74 Å². The van der Waals surface area contributed by atoms with Crippen molar-refractivity contribution in [3.8, 4) is 5.75 Å². The Labute approximate surface area is 190 Å². The Morgan fingerprint density at radius 1 is 1.03 bits per heavy atom. The normalized spacial score (nSPS) is 17.6. The summed E-state index contributed by atoms with van der Waals surface area (Å²) in [7, 11) is 1.52. The maximum absolute atomic E-state index is 13.2. The SMILES string of the molecule is COc1cccc(/C(O)=C2\C(=O)C(=O)N(c3nc4ccc(C)cc4[nH]3)C2c2ccccc2)c1. The van der Waals surface area contributed by atoms with Crippen LogP contribution in [0.5, 0.6) is 5.75 Å². The van der Waals surface area contributed by atoms with E-state index in [0.29, 0.717) is 22.4 Å². The van der Waals surface area contributed by atoms with Crippen LogP contribution in [0, 0.1) is 6.92 Å². The van der Waals surface area contributed by atoms with Gasteiger partial charge in [0.15, 0.2) is 0 Å². The van der Waals surface area contributed by atoms with E-state index < -0.39 is 17.7 Å². The van der Waals surface area contributed by atoms with Gasteiger partial charge in [0, 0.05) is 5.56 Å². The molecule has 2 heterocycles. The number of ketones is 1. The summed E-state index contributed by atoms with van der Waals surface area (Å²) in [5.74, 6) is -1.03. The fourth-order valence-electron chi connectivity index (χ4n) is 4.15. The Morgan fingerprint density at radius 2 is 1.82 bits per heavy atom. The first-order valence-electron chi connectivity index (χ1n) is 10.4. The summed E-state index contributed by atoms with van der Waals surface area (Å²) in [5.41, 5.74) is 3.53. The number of aromatic amines is 1. The van der Waals surface area contributed by atoms with Crippen LogP contribution in [0.1, 0.15) is 22.7 Å². The van der Waals surface area contributed by atoms with Crippen molar-refractivity contribution in [1.29, 1.82) is 0 Å². The Morgan fingerprint density at radius 3 is 2.58 bits per heavy atom. The molecule has 0 bridgehead atoms. The number of hydrogen-bond acceptors (Lipinski definition) is 5. The number of aryl methyl sites for hydroxylation is 1. The lowest BCUT2D eigenvalue weighted by Gasteiger charge is -2.23. The number of benzene rings is 3. The molecule has 1 aliphatic heterocycles. The van der Waals surface area contributed by atoms with Crippen molar-refractivity contribution >= 4 is 34.4 Å². The largest absolute Gasteiger partial charge is 0.507 e. The van der Waals surface area contributed by atoms with E-state index in [1.807, 2.05) is 55.5 Å². The summed E-state index contributed by atoms with van der Waals surface area (Å²) < 4.78 is 5.25. The molecule has 33 heavy (non-hydrogen) atoms. The number of nitrogens with one attached hydrogen (secondary N) is 1. The van der Waals surface area contributed by atoms with E-state index >= 15 is 0 Å². The molecule has 7 heteroatoms. The van der Waals surface area contributed by atoms with Crippen molar-refractivity contribution < 1.29 is 19.4 Å². The number of aliphatic hydroxyl groups excluding tert-OH is 1. The number of aromatic nitrogens is 2. The number of fused-ring (bicyclic) bond motifs is 1. The highest BCUT2D eigenvalue weighted by molar-refractivity contribution is 6.51. The number of methoxy groups -OCH3 is 1. The van der Waals surface area contributed by atoms with Crippen molar-refractivity contribution in [2.75, 3.05) is 12.0 Å². The van der Waals surface area contributed by atoms with Gasteiger partial charge < -0.3 is 14.8 Å². The molecular formula is C26H21N3O4. The minimum absolute atomic E-state index is 0.00362. The van der Waals surface area contributed by atoms with E-state index in [-0.39, 0.29) is 17.3 Å². The van der Waals surface area contributed by atoms with E-state index in [2.05, 4.69) is 9.97 Å². The molecule has 0 spiro atoms. The van der Waals surface area contributed by atoms with Gasteiger partial charge in [0.1, 0.15) is 11.5 Å². The number of anilines is 1. The molecular weight excluding hydrogens is 418 g/mol. The van der Waals surface area contributed by atoms with Crippen LogP contribution in [0.4, 0.5) is 5.95 Å². The topological polar surface area (TPSA) is 95.5 Å². The average molecular weight is 439 g/mol. The van der Waals surface area contributed by atoms with E-state index in [0.717, 1.165) is 11.1 Å². The molecule has 1 aliphatic rings. The molecule has 1 amide bonds. The quantitative estimate of drug-likeness (QED) is 0.277. The van der Waals surface area contributed by atoms with Gasteiger partial charge in [-0.15, -0.1) is 0 Å². The zero-order valence-corrected chi connectivity index (χ0v) is 18.1. The molecule has 1 fully saturated rings. The van der Waals surface area contributed by atoms with Gasteiger partial charge in [-0.3, -0.25) is 14.5 Å². The first kappa shape index (κ1) is 20.5. The van der Waals surface area contributed by atoms with Crippen molar-refractivity contribution in [2.24, 2.45) is 0 Å². The number of imidazole rings is 1. The number of aliphatic hydroxyl groups is 1. The Balaban J connectivity index is 1.72. The number of rotatable bonds is 4. The molecule has 7 nitrogen and oxygen atoms in total. The van der Waals surface area contributed by atoms with Gasteiger partial charge >= 0.3 is 5.91 Å². The number of carbonyl (C=O) groups excluding carboxylic acids is 2. The molecule has 1 unspecified atom stereocenters. The van der Waals surface area contributed by atoms with Crippen molar-refractivity contribution in [3.05, 3.63) is 95.1 Å². The highest BCUT2D eigenvalue weighted by Gasteiger charge is 2.48. The second-order valence-electron chi connectivity index (χ2n) is 7.89. The maximum Gasteiger partial charge on any atom is 0.302 e. The monoisotopic (exact) mass is 439 g/mol. The summed E-state index contributed by atoms with van der Waals surface area (Å²) >= 11 is 0. The smallest absolute Gasteiger partial charge is 0.302 e. The maximum atomic E-state index is 13.2. The number of H-pyrrole nitrogens is 1. The zero-order chi connectivity index (χ0) is 23.1. The van der Waals surface area contributed by atoms with Gasteiger partial charge in [0.2, 0.25) is 5.95 Å². The first-order chi connectivity index (χ1) is 16.0. The van der Waals surface area contributed by atoms with Crippen LogP contribution < -0.4 is 9.64 Å². The lowest BCUT2D eigenvalue weighted by molar-refractivity contribution is -0.132. The van der Waals surface area contributed by atoms with E-state index in [1.165, 1.54) is 12.0 Å².